The van der Waals surface area contributed by atoms with Crippen LogP contribution in [-0.4, -0.2) is 44.2 Å². The maximum atomic E-state index is 6.24. The Morgan fingerprint density at radius 3 is 2.80 bits per heavy atom. The third-order valence-corrected chi connectivity index (χ3v) is 4.16. The van der Waals surface area contributed by atoms with E-state index in [9.17, 15) is 0 Å². The van der Waals surface area contributed by atoms with Gasteiger partial charge in [-0.2, -0.15) is 0 Å². The van der Waals surface area contributed by atoms with Crippen molar-refractivity contribution < 1.29 is 4.74 Å². The van der Waals surface area contributed by atoms with E-state index in [2.05, 4.69) is 54.5 Å². The van der Waals surface area contributed by atoms with Crippen molar-refractivity contribution >= 4 is 0 Å². The van der Waals surface area contributed by atoms with Crippen molar-refractivity contribution in [3.05, 3.63) is 35.9 Å². The lowest BCUT2D eigenvalue weighted by Gasteiger charge is -2.33. The van der Waals surface area contributed by atoms with E-state index in [4.69, 9.17) is 4.74 Å². The molecule has 1 aromatic carbocycles. The Hall–Kier alpha value is -0.900. The van der Waals surface area contributed by atoms with Crippen LogP contribution in [0.15, 0.2) is 30.3 Å². The van der Waals surface area contributed by atoms with Crippen molar-refractivity contribution in [1.82, 2.24) is 10.2 Å². The first kappa shape index (κ1) is 15.5. The second-order valence-electron chi connectivity index (χ2n) is 5.67. The Bertz CT molecular complexity index is 369. The van der Waals surface area contributed by atoms with Crippen molar-refractivity contribution in [2.45, 2.75) is 38.3 Å². The molecule has 1 fully saturated rings. The van der Waals surface area contributed by atoms with E-state index < -0.39 is 0 Å². The lowest BCUT2D eigenvalue weighted by molar-refractivity contribution is 0.00323. The highest BCUT2D eigenvalue weighted by atomic mass is 16.5. The summed E-state index contributed by atoms with van der Waals surface area (Å²) in [6.45, 7) is 6.04. The van der Waals surface area contributed by atoms with E-state index in [1.54, 1.807) is 0 Å². The maximum Gasteiger partial charge on any atom is 0.0949 e. The van der Waals surface area contributed by atoms with Crippen molar-refractivity contribution in [3.8, 4) is 0 Å². The molecule has 0 saturated carbocycles. The second-order valence-corrected chi connectivity index (χ2v) is 5.67. The van der Waals surface area contributed by atoms with Crippen LogP contribution in [0.2, 0.25) is 0 Å². The fourth-order valence-corrected chi connectivity index (χ4v) is 2.80. The number of nitrogens with zero attached hydrogens (tertiary/aromatic N) is 1. The SMILES string of the molecule is CCNCC(OCC1CCCCN1C)c1ccccc1. The molecule has 0 radical (unpaired) electrons. The molecule has 2 unspecified atom stereocenters. The van der Waals surface area contributed by atoms with Crippen LogP contribution in [0, 0.1) is 0 Å². The number of benzene rings is 1. The van der Waals surface area contributed by atoms with Crippen LogP contribution < -0.4 is 5.32 Å². The zero-order valence-corrected chi connectivity index (χ0v) is 12.8. The first-order valence-corrected chi connectivity index (χ1v) is 7.88. The average Bonchev–Trinajstić information content (AvgIpc) is 2.50. The Labute approximate surface area is 123 Å². The van der Waals surface area contributed by atoms with E-state index in [-0.39, 0.29) is 6.10 Å². The lowest BCUT2D eigenvalue weighted by Crippen LogP contribution is -2.40. The van der Waals surface area contributed by atoms with Crippen LogP contribution in [0.1, 0.15) is 37.9 Å². The van der Waals surface area contributed by atoms with Crippen LogP contribution in [0.4, 0.5) is 0 Å². The van der Waals surface area contributed by atoms with Crippen LogP contribution >= 0.6 is 0 Å². The summed E-state index contributed by atoms with van der Waals surface area (Å²) in [4.78, 5) is 2.44. The third kappa shape index (κ3) is 4.58. The molecule has 0 aromatic heterocycles. The van der Waals surface area contributed by atoms with Gasteiger partial charge >= 0.3 is 0 Å². The van der Waals surface area contributed by atoms with Gasteiger partial charge < -0.3 is 15.0 Å². The van der Waals surface area contributed by atoms with Crippen molar-refractivity contribution in [1.29, 1.82) is 0 Å². The molecule has 1 saturated heterocycles. The van der Waals surface area contributed by atoms with Gasteiger partial charge in [0.25, 0.3) is 0 Å². The van der Waals surface area contributed by atoms with Gasteiger partial charge in [0.15, 0.2) is 0 Å². The van der Waals surface area contributed by atoms with Crippen LogP contribution in [0.25, 0.3) is 0 Å². The van der Waals surface area contributed by atoms with E-state index in [1.165, 1.54) is 31.4 Å². The summed E-state index contributed by atoms with van der Waals surface area (Å²) in [5.41, 5.74) is 1.27. The van der Waals surface area contributed by atoms with Gasteiger partial charge in [0.1, 0.15) is 0 Å². The van der Waals surface area contributed by atoms with Gasteiger partial charge in [-0.15, -0.1) is 0 Å². The molecule has 0 bridgehead atoms. The molecule has 1 heterocycles. The summed E-state index contributed by atoms with van der Waals surface area (Å²) in [6.07, 6.45) is 4.08. The van der Waals surface area contributed by atoms with Gasteiger partial charge in [-0.05, 0) is 38.5 Å². The smallest absolute Gasteiger partial charge is 0.0949 e. The fourth-order valence-electron chi connectivity index (χ4n) is 2.80. The highest BCUT2D eigenvalue weighted by Gasteiger charge is 2.21. The molecular formula is C17H28N2O. The van der Waals surface area contributed by atoms with E-state index in [1.807, 2.05) is 0 Å². The number of hydrogen-bond donors (Lipinski definition) is 1. The van der Waals surface area contributed by atoms with Crippen LogP contribution in [0.3, 0.4) is 0 Å². The molecule has 3 nitrogen and oxygen atoms in total. The molecule has 0 amide bonds. The molecule has 0 aliphatic carbocycles. The van der Waals surface area contributed by atoms with Crippen molar-refractivity contribution in [2.24, 2.45) is 0 Å². The zero-order chi connectivity index (χ0) is 14.2. The summed E-state index contributed by atoms with van der Waals surface area (Å²) in [5, 5.41) is 3.41. The molecule has 3 heteroatoms. The highest BCUT2D eigenvalue weighted by molar-refractivity contribution is 5.17. The van der Waals surface area contributed by atoms with E-state index in [0.29, 0.717) is 6.04 Å². The van der Waals surface area contributed by atoms with Crippen molar-refractivity contribution in [2.75, 3.05) is 33.3 Å². The number of likely N-dealkylation sites (tertiary alicyclic amines) is 1. The quantitative estimate of drug-likeness (QED) is 0.829. The molecule has 1 N–H and O–H groups in total. The predicted molar refractivity (Wildman–Crippen MR) is 83.9 cm³/mol. The number of hydrogen-bond acceptors (Lipinski definition) is 3. The third-order valence-electron chi connectivity index (χ3n) is 4.16. The summed E-state index contributed by atoms with van der Waals surface area (Å²) in [7, 11) is 2.22. The topological polar surface area (TPSA) is 24.5 Å². The molecule has 112 valence electrons. The maximum absolute atomic E-state index is 6.24. The standard InChI is InChI=1S/C17H28N2O/c1-3-18-13-17(15-9-5-4-6-10-15)20-14-16-11-7-8-12-19(16)2/h4-6,9-10,16-18H,3,7-8,11-14H2,1-2H3. The fraction of sp³-hybridized carbons (Fsp3) is 0.647. The first-order chi connectivity index (χ1) is 9.81. The minimum atomic E-state index is 0.159. The summed E-state index contributed by atoms with van der Waals surface area (Å²) in [6, 6.07) is 11.1. The summed E-state index contributed by atoms with van der Waals surface area (Å²) < 4.78 is 6.24. The van der Waals surface area contributed by atoms with Gasteiger partial charge in [-0.3, -0.25) is 0 Å². The largest absolute Gasteiger partial charge is 0.371 e. The number of piperidine rings is 1. The van der Waals surface area contributed by atoms with E-state index >= 15 is 0 Å². The van der Waals surface area contributed by atoms with Crippen LogP contribution in [0.5, 0.6) is 0 Å². The minimum Gasteiger partial charge on any atom is -0.371 e. The number of likely N-dealkylation sites (N-methyl/N-ethyl adjacent to an activating group) is 2. The van der Waals surface area contributed by atoms with Crippen LogP contribution in [-0.2, 0) is 4.74 Å². The number of rotatable bonds is 7. The van der Waals surface area contributed by atoms with Gasteiger partial charge in [-0.1, -0.05) is 43.7 Å². The summed E-state index contributed by atoms with van der Waals surface area (Å²) in [5.74, 6) is 0. The Morgan fingerprint density at radius 1 is 1.30 bits per heavy atom. The average molecular weight is 276 g/mol. The normalized spacial score (nSPS) is 21.8. The van der Waals surface area contributed by atoms with Gasteiger partial charge in [0.05, 0.1) is 12.7 Å². The Morgan fingerprint density at radius 2 is 2.10 bits per heavy atom. The molecule has 0 spiro atoms. The molecule has 2 rings (SSSR count). The summed E-state index contributed by atoms with van der Waals surface area (Å²) >= 11 is 0. The molecule has 1 aromatic rings. The van der Waals surface area contributed by atoms with Crippen molar-refractivity contribution in [3.63, 3.8) is 0 Å². The molecule has 2 atom stereocenters. The first-order valence-electron chi connectivity index (χ1n) is 7.88. The molecular weight excluding hydrogens is 248 g/mol. The number of ether oxygens (including phenoxy) is 1. The van der Waals surface area contributed by atoms with E-state index in [0.717, 1.165) is 19.7 Å². The van der Waals surface area contributed by atoms with Gasteiger partial charge in [0, 0.05) is 12.6 Å². The lowest BCUT2D eigenvalue weighted by atomic mass is 10.0. The minimum absolute atomic E-state index is 0.159. The highest BCUT2D eigenvalue weighted by Crippen LogP contribution is 2.20. The molecule has 20 heavy (non-hydrogen) atoms. The second kappa shape index (κ2) is 8.40. The monoisotopic (exact) mass is 276 g/mol. The predicted octanol–water partition coefficient (Wildman–Crippen LogP) is 2.84. The number of nitrogens with one attached hydrogen (secondary N) is 1. The Balaban J connectivity index is 1.90. The zero-order valence-electron chi connectivity index (χ0n) is 12.8. The molecule has 1 aliphatic heterocycles. The Kier molecular flexibility index (Phi) is 6.51. The molecule has 1 aliphatic rings. The van der Waals surface area contributed by atoms with Gasteiger partial charge in [-0.25, -0.2) is 0 Å². The van der Waals surface area contributed by atoms with Gasteiger partial charge in [0.2, 0.25) is 0 Å².